The van der Waals surface area contributed by atoms with E-state index in [1.165, 1.54) is 13.0 Å². The van der Waals surface area contributed by atoms with Gasteiger partial charge in [0.2, 0.25) is 10.0 Å². The Bertz CT molecular complexity index is 829. The van der Waals surface area contributed by atoms with Gasteiger partial charge in [-0.25, -0.2) is 8.42 Å². The minimum absolute atomic E-state index is 0.0291. The summed E-state index contributed by atoms with van der Waals surface area (Å²) in [4.78, 5) is 20.9. The summed E-state index contributed by atoms with van der Waals surface area (Å²) in [6.07, 6.45) is 0.123. The van der Waals surface area contributed by atoms with Crippen LogP contribution in [0.4, 0.5) is 5.69 Å². The number of benzene rings is 1. The maximum absolute atomic E-state index is 12.7. The number of sulfonamides is 1. The van der Waals surface area contributed by atoms with E-state index in [-0.39, 0.29) is 19.5 Å². The van der Waals surface area contributed by atoms with Crippen molar-refractivity contribution in [2.45, 2.75) is 18.2 Å². The third-order valence-corrected chi connectivity index (χ3v) is 5.77. The maximum Gasteiger partial charge on any atom is 0.310 e. The molecule has 2 rings (SSSR count). The minimum Gasteiger partial charge on any atom is -0.481 e. The second kappa shape index (κ2) is 5.60. The van der Waals surface area contributed by atoms with Gasteiger partial charge in [0, 0.05) is 19.2 Å². The van der Waals surface area contributed by atoms with Gasteiger partial charge >= 0.3 is 5.97 Å². The molecule has 1 aromatic rings. The number of nitrogens with zero attached hydrogens (tertiary/aromatic N) is 3. The minimum atomic E-state index is -4.20. The van der Waals surface area contributed by atoms with Crippen molar-refractivity contribution >= 4 is 21.7 Å². The summed E-state index contributed by atoms with van der Waals surface area (Å²) in [5, 5.41) is 29.2. The summed E-state index contributed by atoms with van der Waals surface area (Å²) in [6, 6.07) is 4.89. The molecule has 0 aliphatic carbocycles. The summed E-state index contributed by atoms with van der Waals surface area (Å²) in [5.74, 6) is -1.12. The molecule has 9 nitrogen and oxygen atoms in total. The number of nitriles is 1. The predicted molar refractivity (Wildman–Crippen MR) is 76.9 cm³/mol. The maximum atomic E-state index is 12.7. The van der Waals surface area contributed by atoms with Crippen LogP contribution in [-0.2, 0) is 14.8 Å². The molecule has 1 N–H and O–H groups in total. The third kappa shape index (κ3) is 2.76. The Hall–Kier alpha value is -2.51. The summed E-state index contributed by atoms with van der Waals surface area (Å²) in [6.45, 7) is 1.15. The SMILES string of the molecule is CC1(C(=O)O)CCN(S(=O)(=O)c2cccc([N+](=O)[O-])c2C#N)C1. The lowest BCUT2D eigenvalue weighted by atomic mass is 9.90. The number of carboxylic acids is 1. The first-order valence-electron chi connectivity index (χ1n) is 6.54. The van der Waals surface area contributed by atoms with Crippen LogP contribution in [0.15, 0.2) is 23.1 Å². The fraction of sp³-hybridized carbons (Fsp3) is 0.385. The molecule has 0 radical (unpaired) electrons. The molecule has 23 heavy (non-hydrogen) atoms. The molecule has 1 saturated heterocycles. The molecule has 1 fully saturated rings. The highest BCUT2D eigenvalue weighted by molar-refractivity contribution is 7.89. The third-order valence-electron chi connectivity index (χ3n) is 3.89. The van der Waals surface area contributed by atoms with Crippen LogP contribution in [0.1, 0.15) is 18.9 Å². The quantitative estimate of drug-likeness (QED) is 0.635. The molecule has 122 valence electrons. The van der Waals surface area contributed by atoms with Crippen LogP contribution >= 0.6 is 0 Å². The molecule has 1 unspecified atom stereocenters. The lowest BCUT2D eigenvalue weighted by Gasteiger charge is -2.20. The van der Waals surface area contributed by atoms with Crippen LogP contribution in [0.3, 0.4) is 0 Å². The van der Waals surface area contributed by atoms with Gasteiger partial charge in [-0.1, -0.05) is 6.07 Å². The highest BCUT2D eigenvalue weighted by Crippen LogP contribution is 2.35. The van der Waals surface area contributed by atoms with Crippen molar-refractivity contribution in [1.82, 2.24) is 4.31 Å². The Morgan fingerprint density at radius 1 is 1.52 bits per heavy atom. The van der Waals surface area contributed by atoms with E-state index in [1.807, 2.05) is 0 Å². The molecular weight excluding hydrogens is 326 g/mol. The van der Waals surface area contributed by atoms with E-state index in [9.17, 15) is 28.4 Å². The molecule has 1 atom stereocenters. The van der Waals surface area contributed by atoms with Crippen LogP contribution in [0.5, 0.6) is 0 Å². The van der Waals surface area contributed by atoms with E-state index in [2.05, 4.69) is 0 Å². The van der Waals surface area contributed by atoms with E-state index in [0.717, 1.165) is 16.4 Å². The highest BCUT2D eigenvalue weighted by atomic mass is 32.2. The van der Waals surface area contributed by atoms with Gasteiger partial charge in [0.05, 0.1) is 10.3 Å². The lowest BCUT2D eigenvalue weighted by molar-refractivity contribution is -0.385. The Morgan fingerprint density at radius 2 is 2.17 bits per heavy atom. The largest absolute Gasteiger partial charge is 0.481 e. The molecular formula is C13H13N3O6S. The van der Waals surface area contributed by atoms with Crippen LogP contribution in [0, 0.1) is 26.9 Å². The van der Waals surface area contributed by atoms with E-state index < -0.39 is 42.5 Å². The number of hydrogen-bond donors (Lipinski definition) is 1. The molecule has 0 amide bonds. The summed E-state index contributed by atoms with van der Waals surface area (Å²) >= 11 is 0. The number of rotatable bonds is 4. The van der Waals surface area contributed by atoms with Gasteiger partial charge in [0.1, 0.15) is 16.5 Å². The molecule has 0 aromatic heterocycles. The topological polar surface area (TPSA) is 142 Å². The number of nitro groups is 1. The van der Waals surface area contributed by atoms with Crippen LogP contribution < -0.4 is 0 Å². The monoisotopic (exact) mass is 339 g/mol. The average molecular weight is 339 g/mol. The van der Waals surface area contributed by atoms with Gasteiger partial charge in [0.25, 0.3) is 5.69 Å². The Kier molecular flexibility index (Phi) is 4.10. The van der Waals surface area contributed by atoms with Gasteiger partial charge in [-0.15, -0.1) is 0 Å². The van der Waals surface area contributed by atoms with Crippen molar-refractivity contribution in [3.8, 4) is 6.07 Å². The fourth-order valence-electron chi connectivity index (χ4n) is 2.44. The standard InChI is InChI=1S/C13H13N3O6S/c1-13(12(17)18)5-6-15(8-13)23(21,22)11-4-2-3-10(16(19)20)9(11)7-14/h2-4H,5-6,8H2,1H3,(H,17,18). The Labute approximate surface area is 132 Å². The number of hydrogen-bond acceptors (Lipinski definition) is 6. The molecule has 0 saturated carbocycles. The summed E-state index contributed by atoms with van der Waals surface area (Å²) < 4.78 is 26.3. The van der Waals surface area contributed by atoms with E-state index in [4.69, 9.17) is 5.26 Å². The van der Waals surface area contributed by atoms with Crippen molar-refractivity contribution in [3.63, 3.8) is 0 Å². The summed E-state index contributed by atoms with van der Waals surface area (Å²) in [5.41, 5.74) is -2.38. The highest BCUT2D eigenvalue weighted by Gasteiger charge is 2.45. The number of carboxylic acid groups (broad SMARTS) is 1. The van der Waals surface area contributed by atoms with Crippen molar-refractivity contribution < 1.29 is 23.2 Å². The van der Waals surface area contributed by atoms with Gasteiger partial charge in [-0.3, -0.25) is 14.9 Å². The van der Waals surface area contributed by atoms with Gasteiger partial charge < -0.3 is 5.11 Å². The smallest absolute Gasteiger partial charge is 0.310 e. The van der Waals surface area contributed by atoms with Crippen LogP contribution in [-0.4, -0.2) is 41.8 Å². The first-order valence-corrected chi connectivity index (χ1v) is 7.98. The molecule has 1 aromatic carbocycles. The van der Waals surface area contributed by atoms with Crippen molar-refractivity contribution in [2.75, 3.05) is 13.1 Å². The second-order valence-corrected chi connectivity index (χ2v) is 7.38. The van der Waals surface area contributed by atoms with Gasteiger partial charge in [-0.2, -0.15) is 9.57 Å². The molecule has 0 spiro atoms. The average Bonchev–Trinajstić information content (AvgIpc) is 2.91. The Morgan fingerprint density at radius 3 is 2.65 bits per heavy atom. The number of nitro benzene ring substituents is 1. The zero-order valence-electron chi connectivity index (χ0n) is 12.1. The second-order valence-electron chi connectivity index (χ2n) is 5.47. The lowest BCUT2D eigenvalue weighted by Crippen LogP contribution is -2.35. The molecule has 0 bridgehead atoms. The van der Waals surface area contributed by atoms with Crippen molar-refractivity contribution in [1.29, 1.82) is 5.26 Å². The Balaban J connectivity index is 2.51. The van der Waals surface area contributed by atoms with Crippen LogP contribution in [0.25, 0.3) is 0 Å². The van der Waals surface area contributed by atoms with Crippen molar-refractivity contribution in [2.24, 2.45) is 5.41 Å². The normalized spacial score (nSPS) is 21.7. The summed E-state index contributed by atoms with van der Waals surface area (Å²) in [7, 11) is -4.20. The number of aliphatic carboxylic acids is 1. The molecule has 10 heteroatoms. The van der Waals surface area contributed by atoms with E-state index in [0.29, 0.717) is 0 Å². The molecule has 1 aliphatic heterocycles. The first kappa shape index (κ1) is 16.9. The van der Waals surface area contributed by atoms with Gasteiger partial charge in [0.15, 0.2) is 0 Å². The number of carbonyl (C=O) groups is 1. The zero-order chi connectivity index (χ0) is 17.4. The predicted octanol–water partition coefficient (Wildman–Crippen LogP) is 0.952. The van der Waals surface area contributed by atoms with Gasteiger partial charge in [-0.05, 0) is 19.4 Å². The van der Waals surface area contributed by atoms with Crippen molar-refractivity contribution in [3.05, 3.63) is 33.9 Å². The molecule has 1 aliphatic rings. The first-order chi connectivity index (χ1) is 10.6. The van der Waals surface area contributed by atoms with Crippen LogP contribution in [0.2, 0.25) is 0 Å². The van der Waals surface area contributed by atoms with E-state index >= 15 is 0 Å². The molecule has 1 heterocycles. The fourth-order valence-corrected chi connectivity index (χ4v) is 4.16. The zero-order valence-corrected chi connectivity index (χ0v) is 12.9. The van der Waals surface area contributed by atoms with E-state index in [1.54, 1.807) is 6.07 Å².